The van der Waals surface area contributed by atoms with Crippen molar-refractivity contribution >= 4 is 11.3 Å². The molecule has 0 aliphatic carbocycles. The van der Waals surface area contributed by atoms with Gasteiger partial charge in [0.05, 0.1) is 17.0 Å². The van der Waals surface area contributed by atoms with Crippen LogP contribution < -0.4 is 0 Å². The SMILES string of the molecule is CC(c1nnc(-c2cccs2)o1)N1CCCC1c1cccn1C. The minimum atomic E-state index is 0.124. The highest BCUT2D eigenvalue weighted by Gasteiger charge is 2.34. The van der Waals surface area contributed by atoms with Crippen LogP contribution in [0.2, 0.25) is 0 Å². The molecule has 2 atom stereocenters. The molecule has 4 rings (SSSR count). The average molecular weight is 328 g/mol. The maximum absolute atomic E-state index is 5.94. The fraction of sp³-hybridized carbons (Fsp3) is 0.412. The van der Waals surface area contributed by atoms with Gasteiger partial charge in [0.15, 0.2) is 0 Å². The number of likely N-dealkylation sites (tertiary alicyclic amines) is 1. The van der Waals surface area contributed by atoms with Crippen LogP contribution in [0.3, 0.4) is 0 Å². The van der Waals surface area contributed by atoms with Crippen LogP contribution in [0.4, 0.5) is 0 Å². The molecule has 1 saturated heterocycles. The van der Waals surface area contributed by atoms with E-state index in [9.17, 15) is 0 Å². The predicted octanol–water partition coefficient (Wildman–Crippen LogP) is 4.03. The molecule has 3 aromatic rings. The van der Waals surface area contributed by atoms with Gasteiger partial charge >= 0.3 is 0 Å². The van der Waals surface area contributed by atoms with Crippen molar-refractivity contribution in [2.75, 3.05) is 6.54 Å². The summed E-state index contributed by atoms with van der Waals surface area (Å²) in [6.07, 6.45) is 4.48. The lowest BCUT2D eigenvalue weighted by Gasteiger charge is -2.28. The van der Waals surface area contributed by atoms with E-state index < -0.39 is 0 Å². The Bertz CT molecular complexity index is 776. The molecule has 0 saturated carbocycles. The van der Waals surface area contributed by atoms with Gasteiger partial charge in [-0.1, -0.05) is 6.07 Å². The molecule has 23 heavy (non-hydrogen) atoms. The fourth-order valence-corrected chi connectivity index (χ4v) is 4.08. The van der Waals surface area contributed by atoms with Crippen LogP contribution >= 0.6 is 11.3 Å². The minimum absolute atomic E-state index is 0.124. The highest BCUT2D eigenvalue weighted by atomic mass is 32.1. The molecule has 0 N–H and O–H groups in total. The Labute approximate surface area is 139 Å². The molecule has 0 spiro atoms. The molecule has 2 unspecified atom stereocenters. The zero-order chi connectivity index (χ0) is 15.8. The van der Waals surface area contributed by atoms with Gasteiger partial charge in [0, 0.05) is 18.9 Å². The zero-order valence-electron chi connectivity index (χ0n) is 13.3. The van der Waals surface area contributed by atoms with Crippen molar-refractivity contribution < 1.29 is 4.42 Å². The summed E-state index contributed by atoms with van der Waals surface area (Å²) in [6, 6.07) is 8.87. The smallest absolute Gasteiger partial charge is 0.257 e. The van der Waals surface area contributed by atoms with Crippen LogP contribution in [0.15, 0.2) is 40.3 Å². The Kier molecular flexibility index (Phi) is 3.79. The largest absolute Gasteiger partial charge is 0.418 e. The van der Waals surface area contributed by atoms with Crippen LogP contribution in [0, 0.1) is 0 Å². The summed E-state index contributed by atoms with van der Waals surface area (Å²) >= 11 is 1.62. The molecule has 4 heterocycles. The molecule has 120 valence electrons. The van der Waals surface area contributed by atoms with Crippen LogP contribution in [0.1, 0.15) is 43.4 Å². The van der Waals surface area contributed by atoms with Gasteiger partial charge in [0.2, 0.25) is 5.89 Å². The summed E-state index contributed by atoms with van der Waals surface area (Å²) in [5.41, 5.74) is 1.35. The second-order valence-corrected chi connectivity index (χ2v) is 6.99. The van der Waals surface area contributed by atoms with E-state index in [0.29, 0.717) is 17.8 Å². The van der Waals surface area contributed by atoms with Crippen LogP contribution in [0.5, 0.6) is 0 Å². The monoisotopic (exact) mass is 328 g/mol. The number of thiophene rings is 1. The number of aryl methyl sites for hydroxylation is 1. The summed E-state index contributed by atoms with van der Waals surface area (Å²) in [6.45, 7) is 3.22. The van der Waals surface area contributed by atoms with Crippen molar-refractivity contribution in [3.8, 4) is 10.8 Å². The molecule has 0 aromatic carbocycles. The third-order valence-corrected chi connectivity index (χ3v) is 5.50. The third kappa shape index (κ3) is 2.62. The van der Waals surface area contributed by atoms with Crippen molar-refractivity contribution in [1.29, 1.82) is 0 Å². The first-order chi connectivity index (χ1) is 11.2. The number of hydrogen-bond donors (Lipinski definition) is 0. The molecule has 1 aliphatic rings. The highest BCUT2D eigenvalue weighted by Crippen LogP contribution is 2.38. The summed E-state index contributed by atoms with van der Waals surface area (Å²) in [5, 5.41) is 10.5. The maximum Gasteiger partial charge on any atom is 0.257 e. The van der Waals surface area contributed by atoms with Gasteiger partial charge in [0.1, 0.15) is 0 Å². The maximum atomic E-state index is 5.94. The number of hydrogen-bond acceptors (Lipinski definition) is 5. The molecular weight excluding hydrogens is 308 g/mol. The number of aromatic nitrogens is 3. The van der Waals surface area contributed by atoms with E-state index in [0.717, 1.165) is 11.4 Å². The molecule has 0 amide bonds. The van der Waals surface area contributed by atoms with Gasteiger partial charge in [-0.05, 0) is 49.9 Å². The molecule has 1 fully saturated rings. The molecule has 3 aromatic heterocycles. The molecular formula is C17H20N4OS. The summed E-state index contributed by atoms with van der Waals surface area (Å²) in [7, 11) is 2.11. The van der Waals surface area contributed by atoms with Crippen molar-refractivity contribution in [2.45, 2.75) is 31.8 Å². The van der Waals surface area contributed by atoms with Gasteiger partial charge in [-0.2, -0.15) is 0 Å². The van der Waals surface area contributed by atoms with Crippen LogP contribution in [-0.4, -0.2) is 26.2 Å². The van der Waals surface area contributed by atoms with Crippen LogP contribution in [0.25, 0.3) is 10.8 Å². The average Bonchev–Trinajstić information content (AvgIpc) is 3.31. The fourth-order valence-electron chi connectivity index (χ4n) is 3.44. The van der Waals surface area contributed by atoms with Gasteiger partial charge < -0.3 is 8.98 Å². The Balaban J connectivity index is 1.58. The van der Waals surface area contributed by atoms with Gasteiger partial charge in [-0.25, -0.2) is 0 Å². The predicted molar refractivity (Wildman–Crippen MR) is 90.1 cm³/mol. The van der Waals surface area contributed by atoms with E-state index in [-0.39, 0.29) is 6.04 Å². The first-order valence-electron chi connectivity index (χ1n) is 7.98. The van der Waals surface area contributed by atoms with E-state index in [1.165, 1.54) is 18.5 Å². The van der Waals surface area contributed by atoms with Crippen LogP contribution in [-0.2, 0) is 7.05 Å². The van der Waals surface area contributed by atoms with E-state index in [2.05, 4.69) is 52.0 Å². The quantitative estimate of drug-likeness (QED) is 0.725. The second-order valence-electron chi connectivity index (χ2n) is 6.04. The van der Waals surface area contributed by atoms with Crippen molar-refractivity contribution in [3.63, 3.8) is 0 Å². The lowest BCUT2D eigenvalue weighted by Crippen LogP contribution is -2.28. The minimum Gasteiger partial charge on any atom is -0.418 e. The molecule has 6 heteroatoms. The van der Waals surface area contributed by atoms with Gasteiger partial charge in [-0.15, -0.1) is 21.5 Å². The highest BCUT2D eigenvalue weighted by molar-refractivity contribution is 7.13. The number of rotatable bonds is 4. The molecule has 5 nitrogen and oxygen atoms in total. The first kappa shape index (κ1) is 14.7. The first-order valence-corrected chi connectivity index (χ1v) is 8.86. The van der Waals surface area contributed by atoms with Crippen molar-refractivity contribution in [2.24, 2.45) is 7.05 Å². The summed E-state index contributed by atoms with van der Waals surface area (Å²) < 4.78 is 8.15. The molecule has 0 radical (unpaired) electrons. The standard InChI is InChI=1S/C17H20N4OS/c1-12(16-18-19-17(22-16)15-8-5-11-23-15)21-10-4-7-14(21)13-6-3-9-20(13)2/h3,5-6,8-9,11-12,14H,4,7,10H2,1-2H3. The topological polar surface area (TPSA) is 47.1 Å². The number of nitrogens with zero attached hydrogens (tertiary/aromatic N) is 4. The summed E-state index contributed by atoms with van der Waals surface area (Å²) in [4.78, 5) is 3.50. The second kappa shape index (κ2) is 5.94. The lowest BCUT2D eigenvalue weighted by molar-refractivity contribution is 0.164. The van der Waals surface area contributed by atoms with E-state index in [4.69, 9.17) is 4.42 Å². The van der Waals surface area contributed by atoms with E-state index >= 15 is 0 Å². The Hall–Kier alpha value is -1.92. The third-order valence-electron chi connectivity index (χ3n) is 4.65. The van der Waals surface area contributed by atoms with Gasteiger partial charge in [-0.3, -0.25) is 4.90 Å². The Morgan fingerprint density at radius 2 is 2.22 bits per heavy atom. The van der Waals surface area contributed by atoms with Gasteiger partial charge in [0.25, 0.3) is 5.89 Å². The zero-order valence-corrected chi connectivity index (χ0v) is 14.2. The Morgan fingerprint density at radius 1 is 1.30 bits per heavy atom. The molecule has 1 aliphatic heterocycles. The lowest BCUT2D eigenvalue weighted by atomic mass is 10.1. The van der Waals surface area contributed by atoms with Crippen molar-refractivity contribution in [1.82, 2.24) is 19.7 Å². The van der Waals surface area contributed by atoms with E-state index in [1.54, 1.807) is 11.3 Å². The normalized spacial score (nSPS) is 20.2. The Morgan fingerprint density at radius 3 is 2.96 bits per heavy atom. The molecule has 0 bridgehead atoms. The van der Waals surface area contributed by atoms with E-state index in [1.807, 2.05) is 17.5 Å². The summed E-state index contributed by atoms with van der Waals surface area (Å²) in [5.74, 6) is 1.32. The van der Waals surface area contributed by atoms with Crippen molar-refractivity contribution in [3.05, 3.63) is 47.4 Å².